The Labute approximate surface area is 177 Å². The van der Waals surface area contributed by atoms with Gasteiger partial charge in [-0.05, 0) is 55.0 Å². The number of nitriles is 1. The Hall–Kier alpha value is -3.39. The van der Waals surface area contributed by atoms with E-state index in [1.807, 2.05) is 65.7 Å². The predicted octanol–water partition coefficient (Wildman–Crippen LogP) is 4.49. The molecule has 5 heteroatoms. The van der Waals surface area contributed by atoms with Crippen LogP contribution in [0.4, 0.5) is 5.69 Å². The number of benzene rings is 2. The number of aromatic nitrogens is 2. The van der Waals surface area contributed by atoms with E-state index in [1.54, 1.807) is 0 Å². The van der Waals surface area contributed by atoms with E-state index >= 15 is 0 Å². The second-order valence-corrected chi connectivity index (χ2v) is 8.04. The third-order valence-electron chi connectivity index (χ3n) is 6.07. The highest BCUT2D eigenvalue weighted by atomic mass is 16.2. The molecule has 0 unspecified atom stereocenters. The number of aromatic amines is 1. The minimum Gasteiger partial charge on any atom is -0.346 e. The van der Waals surface area contributed by atoms with Crippen molar-refractivity contribution in [2.75, 3.05) is 11.4 Å². The molecule has 1 fully saturated rings. The van der Waals surface area contributed by atoms with Gasteiger partial charge in [0.05, 0.1) is 11.6 Å². The molecule has 2 aromatic carbocycles. The second-order valence-electron chi connectivity index (χ2n) is 8.04. The van der Waals surface area contributed by atoms with Crippen LogP contribution >= 0.6 is 0 Å². The molecule has 3 aromatic rings. The van der Waals surface area contributed by atoms with Crippen LogP contribution in [0.2, 0.25) is 0 Å². The molecule has 0 bridgehead atoms. The van der Waals surface area contributed by atoms with Gasteiger partial charge < -0.3 is 9.88 Å². The number of piperidine rings is 1. The van der Waals surface area contributed by atoms with Gasteiger partial charge in [0.25, 0.3) is 0 Å². The van der Waals surface area contributed by atoms with Gasteiger partial charge in [-0.15, -0.1) is 0 Å². The molecule has 1 N–H and O–H groups in total. The molecule has 0 saturated carbocycles. The summed E-state index contributed by atoms with van der Waals surface area (Å²) in [6.07, 6.45) is 5.52. The van der Waals surface area contributed by atoms with E-state index in [2.05, 4.69) is 23.0 Å². The highest BCUT2D eigenvalue weighted by Gasteiger charge is 2.33. The van der Waals surface area contributed by atoms with Crippen molar-refractivity contribution in [3.05, 3.63) is 83.4 Å². The van der Waals surface area contributed by atoms with Gasteiger partial charge in [-0.3, -0.25) is 4.79 Å². The van der Waals surface area contributed by atoms with Gasteiger partial charge in [-0.1, -0.05) is 37.3 Å². The van der Waals surface area contributed by atoms with Crippen LogP contribution < -0.4 is 4.90 Å². The summed E-state index contributed by atoms with van der Waals surface area (Å²) < 4.78 is 0. The molecule has 0 radical (unpaired) electrons. The van der Waals surface area contributed by atoms with Crippen molar-refractivity contribution in [2.24, 2.45) is 11.8 Å². The maximum atomic E-state index is 12.9. The zero-order valence-corrected chi connectivity index (χ0v) is 17.2. The molecule has 0 aliphatic carbocycles. The third-order valence-corrected chi connectivity index (χ3v) is 6.07. The van der Waals surface area contributed by atoms with Crippen LogP contribution in [0, 0.1) is 23.2 Å². The predicted molar refractivity (Wildman–Crippen MR) is 117 cm³/mol. The van der Waals surface area contributed by atoms with Crippen molar-refractivity contribution < 1.29 is 4.79 Å². The number of carbonyl (C=O) groups is 1. The minimum atomic E-state index is 0.0278. The number of rotatable bonds is 6. The molecular formula is C25H26N4O. The van der Waals surface area contributed by atoms with Gasteiger partial charge in [0, 0.05) is 36.5 Å². The molecule has 1 aliphatic rings. The topological polar surface area (TPSA) is 72.8 Å². The van der Waals surface area contributed by atoms with E-state index in [4.69, 9.17) is 5.26 Å². The molecule has 152 valence electrons. The molecule has 1 amide bonds. The van der Waals surface area contributed by atoms with E-state index in [0.29, 0.717) is 11.5 Å². The van der Waals surface area contributed by atoms with Crippen LogP contribution in [0.5, 0.6) is 0 Å². The fraction of sp³-hybridized carbons (Fsp3) is 0.320. The Balaban J connectivity index is 1.32. The first-order valence-electron chi connectivity index (χ1n) is 10.5. The maximum absolute atomic E-state index is 12.9. The quantitative estimate of drug-likeness (QED) is 0.665. The van der Waals surface area contributed by atoms with Crippen LogP contribution in [0.25, 0.3) is 0 Å². The molecule has 1 saturated heterocycles. The number of nitrogens with zero attached hydrogens (tertiary/aromatic N) is 3. The van der Waals surface area contributed by atoms with Crippen molar-refractivity contribution in [2.45, 2.75) is 32.6 Å². The smallest absolute Gasteiger partial charge is 0.230 e. The molecule has 2 atom stereocenters. The van der Waals surface area contributed by atoms with Gasteiger partial charge in [0.15, 0.2) is 0 Å². The Morgan fingerprint density at radius 2 is 1.93 bits per heavy atom. The first-order chi connectivity index (χ1) is 14.6. The van der Waals surface area contributed by atoms with E-state index in [-0.39, 0.29) is 11.8 Å². The first kappa shape index (κ1) is 19.9. The Morgan fingerprint density at radius 1 is 1.17 bits per heavy atom. The average Bonchev–Trinajstić information content (AvgIpc) is 3.23. The van der Waals surface area contributed by atoms with Gasteiger partial charge in [-0.25, -0.2) is 4.98 Å². The van der Waals surface area contributed by atoms with E-state index in [9.17, 15) is 4.79 Å². The lowest BCUT2D eigenvalue weighted by atomic mass is 9.82. The Kier molecular flexibility index (Phi) is 5.94. The Morgan fingerprint density at radius 3 is 2.67 bits per heavy atom. The minimum absolute atomic E-state index is 0.0278. The summed E-state index contributed by atoms with van der Waals surface area (Å²) in [5, 5.41) is 8.90. The molecule has 2 heterocycles. The number of carbonyl (C=O) groups excluding carboxylic acids is 1. The van der Waals surface area contributed by atoms with Crippen LogP contribution in [0.1, 0.15) is 42.4 Å². The highest BCUT2D eigenvalue weighted by Crippen LogP contribution is 2.31. The standard InChI is InChI=1S/C25H26N4O/c1-18-21(13-14-29(25(18)30)23-5-3-2-4-6-23)11-12-22-17-27-24(28-22)15-19-7-9-20(16-26)10-8-19/h2-10,17-18,21H,11-15H2,1H3,(H,27,28)/t18-,21+/m1/s1. The van der Waals surface area contributed by atoms with Crippen molar-refractivity contribution in [1.29, 1.82) is 5.26 Å². The number of hydrogen-bond donors (Lipinski definition) is 1. The van der Waals surface area contributed by atoms with Gasteiger partial charge in [0.1, 0.15) is 5.82 Å². The first-order valence-corrected chi connectivity index (χ1v) is 10.5. The summed E-state index contributed by atoms with van der Waals surface area (Å²) in [5.41, 5.74) is 3.90. The van der Waals surface area contributed by atoms with Crippen molar-refractivity contribution in [3.63, 3.8) is 0 Å². The molecule has 30 heavy (non-hydrogen) atoms. The summed E-state index contributed by atoms with van der Waals surface area (Å²) in [4.78, 5) is 22.7. The van der Waals surface area contributed by atoms with Crippen molar-refractivity contribution >= 4 is 11.6 Å². The second kappa shape index (κ2) is 8.96. The summed E-state index contributed by atoms with van der Waals surface area (Å²) in [6, 6.07) is 19.7. The SMILES string of the molecule is C[C@H]1C(=O)N(c2ccccc2)CC[C@@H]1CCc1cnc(Cc2ccc(C#N)cc2)[nH]1. The van der Waals surface area contributed by atoms with Crippen molar-refractivity contribution in [3.8, 4) is 6.07 Å². The number of aryl methyl sites for hydroxylation is 1. The maximum Gasteiger partial charge on any atom is 0.230 e. The van der Waals surface area contributed by atoms with Crippen LogP contribution in [0.15, 0.2) is 60.8 Å². The lowest BCUT2D eigenvalue weighted by Crippen LogP contribution is -2.44. The zero-order valence-electron chi connectivity index (χ0n) is 17.2. The van der Waals surface area contributed by atoms with Crippen LogP contribution in [-0.2, 0) is 17.6 Å². The van der Waals surface area contributed by atoms with Gasteiger partial charge >= 0.3 is 0 Å². The lowest BCUT2D eigenvalue weighted by molar-refractivity contribution is -0.125. The molecule has 4 rings (SSSR count). The normalized spacial score (nSPS) is 18.9. The lowest BCUT2D eigenvalue weighted by Gasteiger charge is -2.36. The summed E-state index contributed by atoms with van der Waals surface area (Å²) in [6.45, 7) is 2.84. The number of hydrogen-bond acceptors (Lipinski definition) is 3. The average molecular weight is 399 g/mol. The number of H-pyrrole nitrogens is 1. The van der Waals surface area contributed by atoms with Gasteiger partial charge in [-0.2, -0.15) is 5.26 Å². The largest absolute Gasteiger partial charge is 0.346 e. The van der Waals surface area contributed by atoms with E-state index in [0.717, 1.165) is 55.0 Å². The van der Waals surface area contributed by atoms with E-state index in [1.165, 1.54) is 0 Å². The number of amides is 1. The molecule has 5 nitrogen and oxygen atoms in total. The fourth-order valence-electron chi connectivity index (χ4n) is 4.22. The Bertz CT molecular complexity index is 1030. The highest BCUT2D eigenvalue weighted by molar-refractivity contribution is 5.95. The summed E-state index contributed by atoms with van der Waals surface area (Å²) in [7, 11) is 0. The zero-order chi connectivity index (χ0) is 20.9. The number of anilines is 1. The number of nitrogens with one attached hydrogen (secondary N) is 1. The van der Waals surface area contributed by atoms with Gasteiger partial charge in [0.2, 0.25) is 5.91 Å². The molecular weight excluding hydrogens is 372 g/mol. The third kappa shape index (κ3) is 4.44. The van der Waals surface area contributed by atoms with Crippen LogP contribution in [-0.4, -0.2) is 22.4 Å². The molecule has 1 aliphatic heterocycles. The molecule has 0 spiro atoms. The number of imidazole rings is 1. The van der Waals surface area contributed by atoms with E-state index < -0.39 is 0 Å². The monoisotopic (exact) mass is 398 g/mol. The number of para-hydroxylation sites is 1. The molecule has 1 aromatic heterocycles. The fourth-order valence-corrected chi connectivity index (χ4v) is 4.22. The summed E-state index contributed by atoms with van der Waals surface area (Å²) >= 11 is 0. The summed E-state index contributed by atoms with van der Waals surface area (Å²) in [5.74, 6) is 1.57. The van der Waals surface area contributed by atoms with Crippen LogP contribution in [0.3, 0.4) is 0 Å². The van der Waals surface area contributed by atoms with Crippen molar-refractivity contribution in [1.82, 2.24) is 9.97 Å².